The molecule has 0 amide bonds. The van der Waals surface area contributed by atoms with Crippen LogP contribution in [0.3, 0.4) is 0 Å². The first-order valence-corrected chi connectivity index (χ1v) is 13.0. The number of halogens is 1. The van der Waals surface area contributed by atoms with Crippen molar-refractivity contribution in [2.45, 2.75) is 43.9 Å². The molecule has 0 unspecified atom stereocenters. The molecule has 0 atom stereocenters. The van der Waals surface area contributed by atoms with Crippen LogP contribution in [0.1, 0.15) is 54.4 Å². The zero-order chi connectivity index (χ0) is 24.0. The van der Waals surface area contributed by atoms with Gasteiger partial charge in [0.2, 0.25) is 0 Å². The van der Waals surface area contributed by atoms with Crippen molar-refractivity contribution in [3.05, 3.63) is 82.9 Å². The number of rotatable bonds is 6. The predicted octanol–water partition coefficient (Wildman–Crippen LogP) is 8.08. The summed E-state index contributed by atoms with van der Waals surface area (Å²) < 4.78 is 4.81. The van der Waals surface area contributed by atoms with Crippen molar-refractivity contribution in [3.63, 3.8) is 0 Å². The van der Waals surface area contributed by atoms with E-state index in [2.05, 4.69) is 28.8 Å². The highest BCUT2D eigenvalue weighted by molar-refractivity contribution is 6.33. The summed E-state index contributed by atoms with van der Waals surface area (Å²) >= 11 is 6.80. The maximum atomic E-state index is 11.8. The van der Waals surface area contributed by atoms with Crippen molar-refractivity contribution >= 4 is 40.3 Å². The van der Waals surface area contributed by atoms with Gasteiger partial charge in [0.1, 0.15) is 0 Å². The fraction of sp³-hybridized carbons (Fsp3) is 0.367. The second-order valence-corrected chi connectivity index (χ2v) is 11.2. The van der Waals surface area contributed by atoms with Gasteiger partial charge in [-0.3, -0.25) is 0 Å². The van der Waals surface area contributed by atoms with Gasteiger partial charge < -0.3 is 15.4 Å². The molecular weight excluding hydrogens is 456 g/mol. The third-order valence-electron chi connectivity index (χ3n) is 8.36. The molecule has 0 heterocycles. The first-order valence-electron chi connectivity index (χ1n) is 12.6. The summed E-state index contributed by atoms with van der Waals surface area (Å²) in [7, 11) is 1.39. The van der Waals surface area contributed by atoms with E-state index in [9.17, 15) is 4.79 Å². The first kappa shape index (κ1) is 22.5. The average Bonchev–Trinajstić information content (AvgIpc) is 2.85. The predicted molar refractivity (Wildman–Crippen MR) is 142 cm³/mol. The lowest BCUT2D eigenvalue weighted by Gasteiger charge is -2.57. The van der Waals surface area contributed by atoms with Crippen molar-refractivity contribution in [2.75, 3.05) is 17.7 Å². The molecule has 3 aromatic carbocycles. The highest BCUT2D eigenvalue weighted by atomic mass is 35.5. The quantitative estimate of drug-likeness (QED) is 0.346. The molecule has 0 saturated heterocycles. The van der Waals surface area contributed by atoms with E-state index in [1.54, 1.807) is 12.1 Å². The van der Waals surface area contributed by atoms with Crippen molar-refractivity contribution in [1.29, 1.82) is 0 Å². The van der Waals surface area contributed by atoms with Crippen molar-refractivity contribution in [3.8, 4) is 0 Å². The Labute approximate surface area is 212 Å². The molecule has 4 aliphatic rings. The van der Waals surface area contributed by atoms with Crippen LogP contribution in [0, 0.1) is 17.8 Å². The summed E-state index contributed by atoms with van der Waals surface area (Å²) in [4.78, 5) is 11.8. The van der Waals surface area contributed by atoms with Gasteiger partial charge in [-0.15, -0.1) is 0 Å². The molecule has 4 aliphatic carbocycles. The van der Waals surface area contributed by atoms with Gasteiger partial charge in [0.25, 0.3) is 0 Å². The van der Waals surface area contributed by atoms with Crippen molar-refractivity contribution in [1.82, 2.24) is 0 Å². The molecule has 4 nitrogen and oxygen atoms in total. The molecule has 4 saturated carbocycles. The Hall–Kier alpha value is -2.98. The Balaban J connectivity index is 1.14. The van der Waals surface area contributed by atoms with Crippen LogP contribution in [0.15, 0.2) is 66.7 Å². The monoisotopic (exact) mass is 486 g/mol. The van der Waals surface area contributed by atoms with E-state index >= 15 is 0 Å². The topological polar surface area (TPSA) is 50.4 Å². The molecule has 35 heavy (non-hydrogen) atoms. The van der Waals surface area contributed by atoms with E-state index in [1.807, 2.05) is 36.4 Å². The summed E-state index contributed by atoms with van der Waals surface area (Å²) in [5.41, 5.74) is 5.99. The number of methoxy groups -OCH3 is 1. The first-order chi connectivity index (χ1) is 17.0. The smallest absolute Gasteiger partial charge is 0.337 e. The Morgan fingerprint density at radius 1 is 0.829 bits per heavy atom. The minimum atomic E-state index is -0.348. The van der Waals surface area contributed by atoms with Gasteiger partial charge in [0.15, 0.2) is 0 Å². The molecule has 0 spiro atoms. The summed E-state index contributed by atoms with van der Waals surface area (Å²) in [6, 6.07) is 22.0. The number of hydrogen-bond donors (Lipinski definition) is 2. The van der Waals surface area contributed by atoms with Crippen LogP contribution in [0.25, 0.3) is 0 Å². The maximum absolute atomic E-state index is 11.8. The second-order valence-electron chi connectivity index (χ2n) is 10.8. The summed E-state index contributed by atoms with van der Waals surface area (Å²) in [5, 5.41) is 7.60. The van der Waals surface area contributed by atoms with Gasteiger partial charge in [-0.1, -0.05) is 23.7 Å². The van der Waals surface area contributed by atoms with Crippen LogP contribution < -0.4 is 10.6 Å². The normalized spacial score (nSPS) is 26.4. The number of nitrogens with one attached hydrogen (secondary N) is 2. The van der Waals surface area contributed by atoms with Gasteiger partial charge in [0.05, 0.1) is 23.4 Å². The lowest BCUT2D eigenvalue weighted by atomic mass is 9.48. The van der Waals surface area contributed by atoms with Crippen LogP contribution in [-0.4, -0.2) is 13.1 Å². The highest BCUT2D eigenvalue weighted by Gasteiger charge is 2.51. The molecule has 0 aliphatic heterocycles. The Morgan fingerprint density at radius 3 is 2.06 bits per heavy atom. The van der Waals surface area contributed by atoms with E-state index in [0.29, 0.717) is 11.0 Å². The molecule has 2 N–H and O–H groups in total. The van der Waals surface area contributed by atoms with Crippen LogP contribution in [0.4, 0.5) is 22.7 Å². The van der Waals surface area contributed by atoms with Crippen molar-refractivity contribution < 1.29 is 9.53 Å². The molecule has 3 aromatic rings. The van der Waals surface area contributed by atoms with Crippen LogP contribution in [-0.2, 0) is 10.2 Å². The van der Waals surface area contributed by atoms with E-state index in [1.165, 1.54) is 51.2 Å². The van der Waals surface area contributed by atoms with Gasteiger partial charge in [-0.05, 0) is 122 Å². The van der Waals surface area contributed by atoms with Crippen LogP contribution in [0.5, 0.6) is 0 Å². The zero-order valence-electron chi connectivity index (χ0n) is 20.0. The van der Waals surface area contributed by atoms with Gasteiger partial charge >= 0.3 is 5.97 Å². The molecule has 180 valence electrons. The maximum Gasteiger partial charge on any atom is 0.337 e. The summed E-state index contributed by atoms with van der Waals surface area (Å²) in [5.74, 6) is 2.42. The summed E-state index contributed by atoms with van der Waals surface area (Å²) in [6.45, 7) is 0. The minimum absolute atomic E-state index is 0.348. The molecule has 5 heteroatoms. The van der Waals surface area contributed by atoms with Crippen LogP contribution >= 0.6 is 11.6 Å². The number of benzene rings is 3. The third kappa shape index (κ3) is 4.40. The number of carbonyl (C=O) groups excluding carboxylic acids is 1. The Morgan fingerprint density at radius 2 is 1.46 bits per heavy atom. The molecular formula is C30H31ClN2O2. The lowest BCUT2D eigenvalue weighted by molar-refractivity contribution is -0.00517. The van der Waals surface area contributed by atoms with E-state index in [-0.39, 0.29) is 5.97 Å². The third-order valence-corrected chi connectivity index (χ3v) is 8.67. The number of hydrogen-bond acceptors (Lipinski definition) is 4. The zero-order valence-corrected chi connectivity index (χ0v) is 20.8. The van der Waals surface area contributed by atoms with E-state index in [0.717, 1.165) is 45.5 Å². The summed E-state index contributed by atoms with van der Waals surface area (Å²) in [6.07, 6.45) is 8.40. The number of anilines is 4. The Bertz CT molecular complexity index is 1220. The van der Waals surface area contributed by atoms with Gasteiger partial charge in [0, 0.05) is 17.1 Å². The molecule has 0 radical (unpaired) electrons. The number of carbonyl (C=O) groups is 1. The van der Waals surface area contributed by atoms with Gasteiger partial charge in [-0.25, -0.2) is 4.79 Å². The molecule has 7 rings (SSSR count). The minimum Gasteiger partial charge on any atom is -0.465 e. The fourth-order valence-corrected chi connectivity index (χ4v) is 7.44. The highest BCUT2D eigenvalue weighted by Crippen LogP contribution is 2.61. The Kier molecular flexibility index (Phi) is 5.72. The second kappa shape index (κ2) is 8.91. The standard InChI is InChI=1S/C30H31ClN2O2/c1-35-29(34)22-3-2-4-26(14-22)32-24-6-8-25(9-7-24)33-28-10-5-23(15-27(28)31)30-16-19-11-20(17-30)13-21(12-19)18-30/h2-10,14-15,19-21,32-33H,11-13,16-18H2,1H3. The lowest BCUT2D eigenvalue weighted by Crippen LogP contribution is -2.48. The average molecular weight is 487 g/mol. The number of ether oxygens (including phenoxy) is 1. The van der Waals surface area contributed by atoms with E-state index < -0.39 is 0 Å². The molecule has 4 fully saturated rings. The SMILES string of the molecule is COC(=O)c1cccc(Nc2ccc(Nc3ccc(C45CC6CC(CC(C6)C4)C5)cc3Cl)cc2)c1. The number of esters is 1. The molecule has 0 aromatic heterocycles. The largest absolute Gasteiger partial charge is 0.465 e. The van der Waals surface area contributed by atoms with Gasteiger partial charge in [-0.2, -0.15) is 0 Å². The fourth-order valence-electron chi connectivity index (χ4n) is 7.21. The van der Waals surface area contributed by atoms with Crippen molar-refractivity contribution in [2.24, 2.45) is 17.8 Å². The molecule has 4 bridgehead atoms. The van der Waals surface area contributed by atoms with E-state index in [4.69, 9.17) is 16.3 Å². The van der Waals surface area contributed by atoms with Crippen LogP contribution in [0.2, 0.25) is 5.02 Å².